The second-order valence-corrected chi connectivity index (χ2v) is 5.56. The lowest BCUT2D eigenvalue weighted by atomic mass is 9.74. The Labute approximate surface area is 91.3 Å². The summed E-state index contributed by atoms with van der Waals surface area (Å²) in [7, 11) is 0. The van der Waals surface area contributed by atoms with Crippen molar-refractivity contribution in [3.63, 3.8) is 0 Å². The zero-order chi connectivity index (χ0) is 11.6. The summed E-state index contributed by atoms with van der Waals surface area (Å²) in [4.78, 5) is 0. The van der Waals surface area contributed by atoms with Crippen LogP contribution in [-0.2, 0) is 0 Å². The molecular weight excluding hydrogens is 194 g/mol. The van der Waals surface area contributed by atoms with Gasteiger partial charge in [0.05, 0.1) is 12.7 Å². The van der Waals surface area contributed by atoms with Crippen LogP contribution in [0.2, 0.25) is 0 Å². The Morgan fingerprint density at radius 2 is 1.80 bits per heavy atom. The van der Waals surface area contributed by atoms with Gasteiger partial charge in [0.1, 0.15) is 0 Å². The van der Waals surface area contributed by atoms with Gasteiger partial charge in [0, 0.05) is 24.6 Å². The van der Waals surface area contributed by atoms with E-state index in [0.29, 0.717) is 6.42 Å². The molecule has 0 saturated carbocycles. The van der Waals surface area contributed by atoms with E-state index in [1.165, 1.54) is 0 Å². The van der Waals surface area contributed by atoms with Crippen LogP contribution in [0, 0.1) is 11.3 Å². The molecule has 0 aromatic rings. The smallest absolute Gasteiger partial charge is 0.0748 e. The maximum Gasteiger partial charge on any atom is 0.0748 e. The highest BCUT2D eigenvalue weighted by Gasteiger charge is 2.41. The third kappa shape index (κ3) is 2.91. The van der Waals surface area contributed by atoms with Gasteiger partial charge in [0.15, 0.2) is 0 Å². The number of hydrogen-bond acceptors (Lipinski definition) is 4. The molecule has 0 aromatic carbocycles. The number of piperidine rings is 1. The Hall–Kier alpha value is -0.160. The van der Waals surface area contributed by atoms with Crippen LogP contribution in [0.3, 0.4) is 0 Å². The maximum atomic E-state index is 10.1. The molecule has 4 heteroatoms. The van der Waals surface area contributed by atoms with E-state index in [1.54, 1.807) is 0 Å². The van der Waals surface area contributed by atoms with Gasteiger partial charge in [-0.25, -0.2) is 0 Å². The van der Waals surface area contributed by atoms with E-state index in [1.807, 2.05) is 20.8 Å². The van der Waals surface area contributed by atoms with Crippen LogP contribution in [0.5, 0.6) is 0 Å². The molecule has 0 aliphatic carbocycles. The zero-order valence-corrected chi connectivity index (χ0v) is 9.77. The SMILES string of the molecule is CC(C)(C)C1NC(CO)CC(CO)C1O. The van der Waals surface area contributed by atoms with E-state index in [-0.39, 0.29) is 36.6 Å². The second kappa shape index (κ2) is 4.78. The summed E-state index contributed by atoms with van der Waals surface area (Å²) in [6.45, 7) is 6.16. The minimum absolute atomic E-state index is 0.0187. The molecule has 1 fully saturated rings. The predicted octanol–water partition coefficient (Wildman–Crippen LogP) is -0.275. The molecule has 90 valence electrons. The van der Waals surface area contributed by atoms with Crippen molar-refractivity contribution in [2.45, 2.75) is 45.4 Å². The summed E-state index contributed by atoms with van der Waals surface area (Å²) in [5.74, 6) is -0.132. The van der Waals surface area contributed by atoms with Crippen LogP contribution in [0.4, 0.5) is 0 Å². The zero-order valence-electron chi connectivity index (χ0n) is 9.77. The fourth-order valence-electron chi connectivity index (χ4n) is 2.27. The summed E-state index contributed by atoms with van der Waals surface area (Å²) in [5.41, 5.74) is -0.0827. The molecule has 0 bridgehead atoms. The second-order valence-electron chi connectivity index (χ2n) is 5.56. The van der Waals surface area contributed by atoms with Crippen molar-refractivity contribution in [1.29, 1.82) is 0 Å². The molecule has 0 aromatic heterocycles. The highest BCUT2D eigenvalue weighted by molar-refractivity contribution is 4.97. The first kappa shape index (κ1) is 12.9. The Balaban J connectivity index is 2.77. The monoisotopic (exact) mass is 217 g/mol. The molecule has 1 heterocycles. The van der Waals surface area contributed by atoms with Gasteiger partial charge in [0.25, 0.3) is 0 Å². The molecule has 4 nitrogen and oxygen atoms in total. The van der Waals surface area contributed by atoms with Crippen molar-refractivity contribution in [1.82, 2.24) is 5.32 Å². The molecular formula is C11H23NO3. The van der Waals surface area contributed by atoms with Gasteiger partial charge < -0.3 is 20.6 Å². The highest BCUT2D eigenvalue weighted by atomic mass is 16.3. The number of aliphatic hydroxyl groups excluding tert-OH is 3. The number of nitrogens with one attached hydrogen (secondary N) is 1. The van der Waals surface area contributed by atoms with Gasteiger partial charge in [-0.05, 0) is 11.8 Å². The minimum Gasteiger partial charge on any atom is -0.396 e. The average molecular weight is 217 g/mol. The van der Waals surface area contributed by atoms with Crippen LogP contribution < -0.4 is 5.32 Å². The normalized spacial score (nSPS) is 38.0. The Morgan fingerprint density at radius 3 is 2.20 bits per heavy atom. The molecule has 1 aliphatic rings. The quantitative estimate of drug-likeness (QED) is 0.513. The third-order valence-electron chi connectivity index (χ3n) is 3.21. The molecule has 1 rings (SSSR count). The number of aliphatic hydroxyl groups is 3. The van der Waals surface area contributed by atoms with Gasteiger partial charge in [-0.1, -0.05) is 20.8 Å². The van der Waals surface area contributed by atoms with Gasteiger partial charge in [-0.2, -0.15) is 0 Å². The standard InChI is InChI=1S/C11H23NO3/c1-11(2,3)10-9(15)7(5-13)4-8(6-14)12-10/h7-10,12-15H,4-6H2,1-3H3. The Bertz CT molecular complexity index is 202. The molecule has 0 radical (unpaired) electrons. The van der Waals surface area contributed by atoms with Gasteiger partial charge in [-0.3, -0.25) is 0 Å². The van der Waals surface area contributed by atoms with E-state index in [0.717, 1.165) is 0 Å². The topological polar surface area (TPSA) is 72.7 Å². The van der Waals surface area contributed by atoms with Crippen molar-refractivity contribution < 1.29 is 15.3 Å². The molecule has 1 aliphatic heterocycles. The van der Waals surface area contributed by atoms with Crippen molar-refractivity contribution in [3.05, 3.63) is 0 Å². The van der Waals surface area contributed by atoms with Crippen LogP contribution in [0.25, 0.3) is 0 Å². The minimum atomic E-state index is -0.544. The summed E-state index contributed by atoms with van der Waals surface area (Å²) in [6, 6.07) is -0.102. The van der Waals surface area contributed by atoms with E-state index < -0.39 is 6.10 Å². The van der Waals surface area contributed by atoms with E-state index >= 15 is 0 Å². The molecule has 4 N–H and O–H groups in total. The Kier molecular flexibility index (Phi) is 4.12. The first-order valence-electron chi connectivity index (χ1n) is 5.56. The van der Waals surface area contributed by atoms with Crippen LogP contribution in [0.15, 0.2) is 0 Å². The van der Waals surface area contributed by atoms with Crippen LogP contribution >= 0.6 is 0 Å². The summed E-state index contributed by atoms with van der Waals surface area (Å²) in [5, 5.41) is 31.7. The van der Waals surface area contributed by atoms with Crippen LogP contribution in [0.1, 0.15) is 27.2 Å². The van der Waals surface area contributed by atoms with Crippen LogP contribution in [-0.4, -0.2) is 46.7 Å². The summed E-state index contributed by atoms with van der Waals surface area (Å²) < 4.78 is 0. The molecule has 0 spiro atoms. The van der Waals surface area contributed by atoms with E-state index in [9.17, 15) is 10.2 Å². The van der Waals surface area contributed by atoms with Gasteiger partial charge in [0.2, 0.25) is 0 Å². The van der Waals surface area contributed by atoms with Crippen molar-refractivity contribution >= 4 is 0 Å². The first-order chi connectivity index (χ1) is 6.90. The lowest BCUT2D eigenvalue weighted by Gasteiger charge is -2.45. The fraction of sp³-hybridized carbons (Fsp3) is 1.00. The average Bonchev–Trinajstić information content (AvgIpc) is 2.16. The first-order valence-corrected chi connectivity index (χ1v) is 5.56. The fourth-order valence-corrected chi connectivity index (χ4v) is 2.27. The van der Waals surface area contributed by atoms with Gasteiger partial charge in [-0.15, -0.1) is 0 Å². The molecule has 4 unspecified atom stereocenters. The molecule has 4 atom stereocenters. The molecule has 0 amide bonds. The highest BCUT2D eigenvalue weighted by Crippen LogP contribution is 2.31. The van der Waals surface area contributed by atoms with Crippen molar-refractivity contribution in [2.24, 2.45) is 11.3 Å². The molecule has 1 saturated heterocycles. The van der Waals surface area contributed by atoms with Gasteiger partial charge >= 0.3 is 0 Å². The number of hydrogen-bond donors (Lipinski definition) is 4. The predicted molar refractivity (Wildman–Crippen MR) is 58.5 cm³/mol. The maximum absolute atomic E-state index is 10.1. The van der Waals surface area contributed by atoms with E-state index in [4.69, 9.17) is 5.11 Å². The van der Waals surface area contributed by atoms with Crippen molar-refractivity contribution in [3.8, 4) is 0 Å². The van der Waals surface area contributed by atoms with E-state index in [2.05, 4.69) is 5.32 Å². The summed E-state index contributed by atoms with van der Waals surface area (Å²) >= 11 is 0. The molecule has 15 heavy (non-hydrogen) atoms. The lowest BCUT2D eigenvalue weighted by Crippen LogP contribution is -2.61. The summed E-state index contributed by atoms with van der Waals surface area (Å²) in [6.07, 6.45) is 0.0820. The largest absolute Gasteiger partial charge is 0.396 e. The lowest BCUT2D eigenvalue weighted by molar-refractivity contribution is -0.0396. The Morgan fingerprint density at radius 1 is 1.20 bits per heavy atom. The van der Waals surface area contributed by atoms with Crippen molar-refractivity contribution in [2.75, 3.05) is 13.2 Å². The third-order valence-corrected chi connectivity index (χ3v) is 3.21. The number of rotatable bonds is 2.